The SMILES string of the molecule is CCC1CCC(=O)N(CC(N)c2cccc(F)c2F)CC1. The van der Waals surface area contributed by atoms with Gasteiger partial charge in [-0.2, -0.15) is 0 Å². The van der Waals surface area contributed by atoms with Gasteiger partial charge in [0.2, 0.25) is 5.91 Å². The smallest absolute Gasteiger partial charge is 0.222 e. The number of halogens is 2. The van der Waals surface area contributed by atoms with Crippen LogP contribution in [0.4, 0.5) is 8.78 Å². The molecule has 0 spiro atoms. The highest BCUT2D eigenvalue weighted by molar-refractivity contribution is 5.76. The molecule has 1 aromatic carbocycles. The third-order valence-corrected chi connectivity index (χ3v) is 4.30. The quantitative estimate of drug-likeness (QED) is 0.928. The molecule has 0 bridgehead atoms. The molecule has 1 saturated heterocycles. The summed E-state index contributed by atoms with van der Waals surface area (Å²) >= 11 is 0. The molecule has 0 saturated carbocycles. The molecule has 1 heterocycles. The Labute approximate surface area is 124 Å². The summed E-state index contributed by atoms with van der Waals surface area (Å²) in [6.45, 7) is 3.00. The predicted octanol–water partition coefficient (Wildman–Crippen LogP) is 3.00. The van der Waals surface area contributed by atoms with E-state index in [2.05, 4.69) is 6.92 Å². The number of nitrogens with zero attached hydrogens (tertiary/aromatic N) is 1. The largest absolute Gasteiger partial charge is 0.341 e. The number of amides is 1. The molecule has 0 radical (unpaired) electrons. The van der Waals surface area contributed by atoms with Gasteiger partial charge in [-0.3, -0.25) is 4.79 Å². The normalized spacial score (nSPS) is 21.2. The average Bonchev–Trinajstić information content (AvgIpc) is 2.64. The van der Waals surface area contributed by atoms with Crippen molar-refractivity contribution in [2.24, 2.45) is 11.7 Å². The minimum Gasteiger partial charge on any atom is -0.341 e. The van der Waals surface area contributed by atoms with Gasteiger partial charge in [0.15, 0.2) is 11.6 Å². The Hall–Kier alpha value is -1.49. The van der Waals surface area contributed by atoms with Gasteiger partial charge in [0.05, 0.1) is 6.04 Å². The second-order valence-electron chi connectivity index (χ2n) is 5.69. The topological polar surface area (TPSA) is 46.3 Å². The summed E-state index contributed by atoms with van der Waals surface area (Å²) < 4.78 is 27.0. The summed E-state index contributed by atoms with van der Waals surface area (Å²) in [4.78, 5) is 13.8. The summed E-state index contributed by atoms with van der Waals surface area (Å²) in [5.74, 6) is -1.21. The Morgan fingerprint density at radius 2 is 2.14 bits per heavy atom. The zero-order valence-corrected chi connectivity index (χ0v) is 12.3. The maximum absolute atomic E-state index is 13.7. The zero-order valence-electron chi connectivity index (χ0n) is 12.3. The molecule has 5 heteroatoms. The van der Waals surface area contributed by atoms with E-state index < -0.39 is 17.7 Å². The van der Waals surface area contributed by atoms with E-state index in [0.29, 0.717) is 18.9 Å². The summed E-state index contributed by atoms with van der Waals surface area (Å²) in [7, 11) is 0. The molecule has 21 heavy (non-hydrogen) atoms. The number of carbonyl (C=O) groups excluding carboxylic acids is 1. The molecule has 1 aliphatic rings. The van der Waals surface area contributed by atoms with E-state index in [1.165, 1.54) is 12.1 Å². The summed E-state index contributed by atoms with van der Waals surface area (Å²) in [6.07, 6.45) is 3.42. The molecule has 1 amide bonds. The molecular weight excluding hydrogens is 274 g/mol. The van der Waals surface area contributed by atoms with Gasteiger partial charge in [-0.25, -0.2) is 8.78 Å². The molecule has 2 atom stereocenters. The van der Waals surface area contributed by atoms with Crippen LogP contribution < -0.4 is 5.73 Å². The molecule has 116 valence electrons. The van der Waals surface area contributed by atoms with Crippen LogP contribution >= 0.6 is 0 Å². The minimum absolute atomic E-state index is 0.0539. The second kappa shape index (κ2) is 6.98. The van der Waals surface area contributed by atoms with E-state index in [1.54, 1.807) is 4.90 Å². The van der Waals surface area contributed by atoms with Gasteiger partial charge in [0.25, 0.3) is 0 Å². The molecule has 3 nitrogen and oxygen atoms in total. The monoisotopic (exact) mass is 296 g/mol. The lowest BCUT2D eigenvalue weighted by molar-refractivity contribution is -0.130. The number of benzene rings is 1. The van der Waals surface area contributed by atoms with Gasteiger partial charge in [0, 0.05) is 25.1 Å². The molecule has 1 aliphatic heterocycles. The van der Waals surface area contributed by atoms with Crippen molar-refractivity contribution in [1.82, 2.24) is 4.90 Å². The van der Waals surface area contributed by atoms with Crippen LogP contribution in [0.15, 0.2) is 18.2 Å². The highest BCUT2D eigenvalue weighted by Crippen LogP contribution is 2.24. The number of carbonyl (C=O) groups is 1. The maximum Gasteiger partial charge on any atom is 0.222 e. The Kier molecular flexibility index (Phi) is 5.28. The lowest BCUT2D eigenvalue weighted by Gasteiger charge is -2.25. The van der Waals surface area contributed by atoms with Gasteiger partial charge in [-0.1, -0.05) is 25.5 Å². The molecule has 2 N–H and O–H groups in total. The average molecular weight is 296 g/mol. The molecule has 0 aromatic heterocycles. The Morgan fingerprint density at radius 1 is 1.38 bits per heavy atom. The van der Waals surface area contributed by atoms with Crippen molar-refractivity contribution in [2.75, 3.05) is 13.1 Å². The lowest BCUT2D eigenvalue weighted by Crippen LogP contribution is -2.37. The third-order valence-electron chi connectivity index (χ3n) is 4.30. The van der Waals surface area contributed by atoms with Gasteiger partial charge < -0.3 is 10.6 Å². The van der Waals surface area contributed by atoms with Crippen molar-refractivity contribution in [3.05, 3.63) is 35.4 Å². The van der Waals surface area contributed by atoms with Crippen LogP contribution in [0.3, 0.4) is 0 Å². The van der Waals surface area contributed by atoms with E-state index in [4.69, 9.17) is 5.73 Å². The van der Waals surface area contributed by atoms with Crippen LogP contribution in [0.2, 0.25) is 0 Å². The van der Waals surface area contributed by atoms with Crippen LogP contribution in [-0.2, 0) is 4.79 Å². The van der Waals surface area contributed by atoms with E-state index >= 15 is 0 Å². The number of nitrogens with two attached hydrogens (primary N) is 1. The van der Waals surface area contributed by atoms with Crippen LogP contribution in [0.25, 0.3) is 0 Å². The van der Waals surface area contributed by atoms with Crippen LogP contribution in [0.5, 0.6) is 0 Å². The fourth-order valence-electron chi connectivity index (χ4n) is 2.84. The Balaban J connectivity index is 2.06. The summed E-state index contributed by atoms with van der Waals surface area (Å²) in [5, 5.41) is 0. The lowest BCUT2D eigenvalue weighted by atomic mass is 9.98. The summed E-state index contributed by atoms with van der Waals surface area (Å²) in [6, 6.07) is 3.27. The molecular formula is C16H22F2N2O. The first kappa shape index (κ1) is 15.9. The fourth-order valence-corrected chi connectivity index (χ4v) is 2.84. The number of rotatable bonds is 4. The van der Waals surface area contributed by atoms with Crippen molar-refractivity contribution in [1.29, 1.82) is 0 Å². The van der Waals surface area contributed by atoms with Crippen LogP contribution in [0, 0.1) is 17.6 Å². The standard InChI is InChI=1S/C16H22F2N2O/c1-2-11-6-7-15(21)20(9-8-11)10-14(19)12-4-3-5-13(17)16(12)18/h3-5,11,14H,2,6-10,19H2,1H3. The first-order valence-corrected chi connectivity index (χ1v) is 7.50. The zero-order chi connectivity index (χ0) is 15.4. The minimum atomic E-state index is -0.918. The highest BCUT2D eigenvalue weighted by atomic mass is 19.2. The van der Waals surface area contributed by atoms with Crippen LogP contribution in [-0.4, -0.2) is 23.9 Å². The Morgan fingerprint density at radius 3 is 2.86 bits per heavy atom. The summed E-state index contributed by atoms with van der Waals surface area (Å²) in [5.41, 5.74) is 6.10. The van der Waals surface area contributed by atoms with Crippen molar-refractivity contribution >= 4 is 5.91 Å². The van der Waals surface area contributed by atoms with Gasteiger partial charge in [0.1, 0.15) is 0 Å². The molecule has 1 aromatic rings. The van der Waals surface area contributed by atoms with Gasteiger partial charge in [-0.05, 0) is 24.8 Å². The molecule has 1 fully saturated rings. The highest BCUT2D eigenvalue weighted by Gasteiger charge is 2.24. The van der Waals surface area contributed by atoms with E-state index in [1.807, 2.05) is 0 Å². The van der Waals surface area contributed by atoms with E-state index in [0.717, 1.165) is 25.3 Å². The fraction of sp³-hybridized carbons (Fsp3) is 0.562. The third kappa shape index (κ3) is 3.79. The van der Waals surface area contributed by atoms with E-state index in [9.17, 15) is 13.6 Å². The van der Waals surface area contributed by atoms with Crippen molar-refractivity contribution in [3.63, 3.8) is 0 Å². The number of likely N-dealkylation sites (tertiary alicyclic amines) is 1. The van der Waals surface area contributed by atoms with Gasteiger partial charge >= 0.3 is 0 Å². The van der Waals surface area contributed by atoms with Crippen molar-refractivity contribution in [3.8, 4) is 0 Å². The van der Waals surface area contributed by atoms with Crippen molar-refractivity contribution in [2.45, 2.75) is 38.6 Å². The number of hydrogen-bond acceptors (Lipinski definition) is 2. The maximum atomic E-state index is 13.7. The first-order chi connectivity index (χ1) is 10.0. The first-order valence-electron chi connectivity index (χ1n) is 7.50. The molecule has 2 unspecified atom stereocenters. The molecule has 2 rings (SSSR count). The second-order valence-corrected chi connectivity index (χ2v) is 5.69. The predicted molar refractivity (Wildman–Crippen MR) is 77.5 cm³/mol. The Bertz CT molecular complexity index is 507. The van der Waals surface area contributed by atoms with Gasteiger partial charge in [-0.15, -0.1) is 0 Å². The van der Waals surface area contributed by atoms with Crippen molar-refractivity contribution < 1.29 is 13.6 Å². The van der Waals surface area contributed by atoms with Crippen LogP contribution in [0.1, 0.15) is 44.2 Å². The number of hydrogen-bond donors (Lipinski definition) is 1. The molecule has 0 aliphatic carbocycles. The van der Waals surface area contributed by atoms with E-state index in [-0.39, 0.29) is 18.0 Å².